The Kier molecular flexibility index (Phi) is 5.49. The maximum absolute atomic E-state index is 13.1. The molecule has 0 bridgehead atoms. The van der Waals surface area contributed by atoms with Crippen molar-refractivity contribution in [2.24, 2.45) is 0 Å². The maximum atomic E-state index is 13.1. The third kappa shape index (κ3) is 3.97. The van der Waals surface area contributed by atoms with Crippen LogP contribution in [-0.2, 0) is 6.54 Å². The molecule has 3 rings (SSSR count). The van der Waals surface area contributed by atoms with Crippen molar-refractivity contribution in [1.82, 2.24) is 19.9 Å². The molecule has 0 N–H and O–H groups in total. The average Bonchev–Trinajstić information content (AvgIpc) is 3.08. The number of rotatable bonds is 6. The molecule has 0 saturated carbocycles. The second-order valence-electron chi connectivity index (χ2n) is 6.08. The van der Waals surface area contributed by atoms with E-state index in [1.165, 1.54) is 16.8 Å². The number of nitrogens with zero attached hydrogens (tertiary/aromatic N) is 4. The SMILES string of the molecule is CCN(Cc1ccc(OC)cc1)C(=O)c1nnn(-c2ccc(F)cc2)c1C. The molecule has 0 unspecified atom stereocenters. The Balaban J connectivity index is 1.81. The summed E-state index contributed by atoms with van der Waals surface area (Å²) in [5, 5.41) is 8.12. The molecule has 0 radical (unpaired) electrons. The van der Waals surface area contributed by atoms with Gasteiger partial charge in [-0.3, -0.25) is 4.79 Å². The molecule has 0 fully saturated rings. The van der Waals surface area contributed by atoms with Gasteiger partial charge in [0.15, 0.2) is 5.69 Å². The van der Waals surface area contributed by atoms with Gasteiger partial charge in [-0.2, -0.15) is 0 Å². The Labute approximate surface area is 157 Å². The molecule has 140 valence electrons. The summed E-state index contributed by atoms with van der Waals surface area (Å²) in [5.41, 5.74) is 2.54. The van der Waals surface area contributed by atoms with Crippen molar-refractivity contribution >= 4 is 5.91 Å². The van der Waals surface area contributed by atoms with Gasteiger partial charge in [-0.25, -0.2) is 9.07 Å². The molecule has 0 spiro atoms. The highest BCUT2D eigenvalue weighted by atomic mass is 19.1. The van der Waals surface area contributed by atoms with E-state index in [0.29, 0.717) is 24.5 Å². The molecule has 3 aromatic rings. The molecule has 1 amide bonds. The minimum atomic E-state index is -0.329. The predicted molar refractivity (Wildman–Crippen MR) is 99.5 cm³/mol. The Hall–Kier alpha value is -3.22. The molecular weight excluding hydrogens is 347 g/mol. The average molecular weight is 368 g/mol. The summed E-state index contributed by atoms with van der Waals surface area (Å²) in [6.07, 6.45) is 0. The number of carbonyl (C=O) groups excluding carboxylic acids is 1. The van der Waals surface area contributed by atoms with Crippen molar-refractivity contribution in [3.63, 3.8) is 0 Å². The van der Waals surface area contributed by atoms with Gasteiger partial charge in [-0.15, -0.1) is 5.10 Å². The van der Waals surface area contributed by atoms with Gasteiger partial charge in [0, 0.05) is 13.1 Å². The molecule has 1 heterocycles. The van der Waals surface area contributed by atoms with Crippen LogP contribution in [0.2, 0.25) is 0 Å². The number of hydrogen-bond acceptors (Lipinski definition) is 4. The third-order valence-corrected chi connectivity index (χ3v) is 4.37. The van der Waals surface area contributed by atoms with E-state index >= 15 is 0 Å². The van der Waals surface area contributed by atoms with Crippen LogP contribution < -0.4 is 4.74 Å². The Morgan fingerprint density at radius 1 is 1.15 bits per heavy atom. The van der Waals surface area contributed by atoms with Gasteiger partial charge in [-0.1, -0.05) is 17.3 Å². The first-order valence-electron chi connectivity index (χ1n) is 8.64. The largest absolute Gasteiger partial charge is 0.497 e. The second-order valence-corrected chi connectivity index (χ2v) is 6.08. The summed E-state index contributed by atoms with van der Waals surface area (Å²) in [6.45, 7) is 4.69. The lowest BCUT2D eigenvalue weighted by atomic mass is 10.2. The Morgan fingerprint density at radius 2 is 1.81 bits per heavy atom. The summed E-state index contributed by atoms with van der Waals surface area (Å²) >= 11 is 0. The highest BCUT2D eigenvalue weighted by molar-refractivity contribution is 5.93. The number of hydrogen-bond donors (Lipinski definition) is 0. The number of halogens is 1. The zero-order valence-electron chi connectivity index (χ0n) is 15.5. The lowest BCUT2D eigenvalue weighted by molar-refractivity contribution is 0.0746. The summed E-state index contributed by atoms with van der Waals surface area (Å²) in [4.78, 5) is 14.7. The highest BCUT2D eigenvalue weighted by Crippen LogP contribution is 2.17. The maximum Gasteiger partial charge on any atom is 0.276 e. The Bertz CT molecular complexity index is 920. The summed E-state index contributed by atoms with van der Waals surface area (Å²) in [5.74, 6) is 0.245. The highest BCUT2D eigenvalue weighted by Gasteiger charge is 2.22. The van der Waals surface area contributed by atoms with Crippen LogP contribution in [0.25, 0.3) is 5.69 Å². The van der Waals surface area contributed by atoms with Crippen LogP contribution >= 0.6 is 0 Å². The smallest absolute Gasteiger partial charge is 0.276 e. The first-order chi connectivity index (χ1) is 13.0. The van der Waals surface area contributed by atoms with E-state index in [9.17, 15) is 9.18 Å². The number of benzene rings is 2. The van der Waals surface area contributed by atoms with Crippen LogP contribution in [-0.4, -0.2) is 39.5 Å². The van der Waals surface area contributed by atoms with Crippen molar-refractivity contribution in [3.8, 4) is 11.4 Å². The first kappa shape index (κ1) is 18.6. The van der Waals surface area contributed by atoms with E-state index in [1.54, 1.807) is 31.1 Å². The number of ether oxygens (including phenoxy) is 1. The van der Waals surface area contributed by atoms with Crippen LogP contribution in [0.15, 0.2) is 48.5 Å². The van der Waals surface area contributed by atoms with E-state index in [4.69, 9.17) is 4.74 Å². The van der Waals surface area contributed by atoms with E-state index < -0.39 is 0 Å². The molecule has 6 nitrogen and oxygen atoms in total. The zero-order valence-corrected chi connectivity index (χ0v) is 15.5. The summed E-state index contributed by atoms with van der Waals surface area (Å²) in [7, 11) is 1.62. The van der Waals surface area contributed by atoms with Gasteiger partial charge in [0.1, 0.15) is 11.6 Å². The predicted octanol–water partition coefficient (Wildman–Crippen LogP) is 3.39. The van der Waals surface area contributed by atoms with Crippen molar-refractivity contribution in [3.05, 3.63) is 71.3 Å². The lowest BCUT2D eigenvalue weighted by Gasteiger charge is -2.20. The van der Waals surface area contributed by atoms with Crippen molar-refractivity contribution in [2.45, 2.75) is 20.4 Å². The fraction of sp³-hybridized carbons (Fsp3) is 0.250. The topological polar surface area (TPSA) is 60.2 Å². The lowest BCUT2D eigenvalue weighted by Crippen LogP contribution is -2.31. The molecule has 2 aromatic carbocycles. The quantitative estimate of drug-likeness (QED) is 0.669. The molecule has 0 atom stereocenters. The number of methoxy groups -OCH3 is 1. The van der Waals surface area contributed by atoms with Crippen molar-refractivity contribution in [2.75, 3.05) is 13.7 Å². The molecule has 0 aliphatic rings. The standard InChI is InChI=1S/C20H21FN4O2/c1-4-24(13-15-5-11-18(27-3)12-6-15)20(26)19-14(2)25(23-22-19)17-9-7-16(21)8-10-17/h5-12H,4,13H2,1-3H3. The molecule has 7 heteroatoms. The minimum absolute atomic E-state index is 0.195. The van der Waals surface area contributed by atoms with E-state index in [1.807, 2.05) is 31.2 Å². The van der Waals surface area contributed by atoms with Crippen LogP contribution in [0.3, 0.4) is 0 Å². The normalized spacial score (nSPS) is 10.7. The molecular formula is C20H21FN4O2. The van der Waals surface area contributed by atoms with Gasteiger partial charge < -0.3 is 9.64 Å². The molecule has 1 aromatic heterocycles. The number of aromatic nitrogens is 3. The van der Waals surface area contributed by atoms with Gasteiger partial charge in [-0.05, 0) is 55.8 Å². The Morgan fingerprint density at radius 3 is 2.41 bits per heavy atom. The van der Waals surface area contributed by atoms with Gasteiger partial charge in [0.2, 0.25) is 0 Å². The molecule has 0 saturated heterocycles. The monoisotopic (exact) mass is 368 g/mol. The third-order valence-electron chi connectivity index (χ3n) is 4.37. The molecule has 27 heavy (non-hydrogen) atoms. The summed E-state index contributed by atoms with van der Waals surface area (Å²) < 4.78 is 19.8. The van der Waals surface area contributed by atoms with E-state index in [2.05, 4.69) is 10.3 Å². The summed E-state index contributed by atoms with van der Waals surface area (Å²) in [6, 6.07) is 13.5. The van der Waals surface area contributed by atoms with Crippen molar-refractivity contribution in [1.29, 1.82) is 0 Å². The second kappa shape index (κ2) is 7.99. The van der Waals surface area contributed by atoms with Crippen LogP contribution in [0.1, 0.15) is 28.7 Å². The van der Waals surface area contributed by atoms with Crippen LogP contribution in [0, 0.1) is 12.7 Å². The van der Waals surface area contributed by atoms with Gasteiger partial charge >= 0.3 is 0 Å². The van der Waals surface area contributed by atoms with E-state index in [0.717, 1.165) is 11.3 Å². The molecule has 0 aliphatic heterocycles. The fourth-order valence-corrected chi connectivity index (χ4v) is 2.78. The number of amides is 1. The fourth-order valence-electron chi connectivity index (χ4n) is 2.78. The first-order valence-corrected chi connectivity index (χ1v) is 8.64. The van der Waals surface area contributed by atoms with Crippen LogP contribution in [0.5, 0.6) is 5.75 Å². The van der Waals surface area contributed by atoms with E-state index in [-0.39, 0.29) is 17.4 Å². The molecule has 0 aliphatic carbocycles. The zero-order chi connectivity index (χ0) is 19.4. The number of carbonyl (C=O) groups is 1. The van der Waals surface area contributed by atoms with Gasteiger partial charge in [0.05, 0.1) is 18.5 Å². The van der Waals surface area contributed by atoms with Crippen molar-refractivity contribution < 1.29 is 13.9 Å². The van der Waals surface area contributed by atoms with Gasteiger partial charge in [0.25, 0.3) is 5.91 Å². The van der Waals surface area contributed by atoms with Crippen LogP contribution in [0.4, 0.5) is 4.39 Å². The minimum Gasteiger partial charge on any atom is -0.497 e.